The molecule has 0 spiro atoms. The molecule has 3 heteroatoms. The Morgan fingerprint density at radius 2 is 1.47 bits per heavy atom. The third-order valence-corrected chi connectivity index (χ3v) is 2.96. The largest absolute Gasteiger partial charge is 0.341 e. The van der Waals surface area contributed by atoms with Crippen LogP contribution in [0.2, 0.25) is 0 Å². The Morgan fingerprint density at radius 3 is 1.89 bits per heavy atom. The predicted octanol–water partition coefficient (Wildman–Crippen LogP) is 1.09. The van der Waals surface area contributed by atoms with E-state index < -0.39 is 0 Å². The van der Waals surface area contributed by atoms with Gasteiger partial charge in [0.1, 0.15) is 0 Å². The van der Waals surface area contributed by atoms with E-state index in [2.05, 4.69) is 5.32 Å². The molecule has 0 bridgehead atoms. The predicted molar refractivity (Wildman–Crippen MR) is 75.6 cm³/mol. The van der Waals surface area contributed by atoms with Crippen molar-refractivity contribution in [2.24, 2.45) is 0 Å². The maximum atomic E-state index is 11.9. The van der Waals surface area contributed by atoms with Gasteiger partial charge in [0.05, 0.1) is 13.1 Å². The van der Waals surface area contributed by atoms with Gasteiger partial charge in [0.15, 0.2) is 6.54 Å². The minimum atomic E-state index is -0.0881. The highest BCUT2D eigenvalue weighted by atomic mass is 16.1. The van der Waals surface area contributed by atoms with Crippen LogP contribution in [0.5, 0.6) is 0 Å². The summed E-state index contributed by atoms with van der Waals surface area (Å²) >= 11 is 0. The Kier molecular flexibility index (Phi) is 4.70. The maximum absolute atomic E-state index is 11.9. The fraction of sp³-hybridized carbons (Fsp3) is 0.188. The van der Waals surface area contributed by atoms with Gasteiger partial charge in [-0.15, -0.1) is 0 Å². The van der Waals surface area contributed by atoms with Crippen LogP contribution in [0.4, 0.5) is 0 Å². The van der Waals surface area contributed by atoms with Gasteiger partial charge in [0.2, 0.25) is 0 Å². The number of hydrogen-bond donors (Lipinski definition) is 2. The molecule has 2 aromatic rings. The Morgan fingerprint density at radius 1 is 1.00 bits per heavy atom. The zero-order valence-electron chi connectivity index (χ0n) is 11.0. The summed E-state index contributed by atoms with van der Waals surface area (Å²) in [7, 11) is 1.89. The van der Waals surface area contributed by atoms with Crippen LogP contribution in [0.3, 0.4) is 0 Å². The molecule has 3 N–H and O–H groups in total. The first-order chi connectivity index (χ1) is 9.31. The lowest BCUT2D eigenvalue weighted by molar-refractivity contribution is -0.615. The third-order valence-electron chi connectivity index (χ3n) is 2.96. The first-order valence-electron chi connectivity index (χ1n) is 6.48. The van der Waals surface area contributed by atoms with Crippen molar-refractivity contribution in [3.63, 3.8) is 0 Å². The third kappa shape index (κ3) is 3.66. The van der Waals surface area contributed by atoms with Crippen molar-refractivity contribution >= 4 is 5.91 Å². The molecule has 98 valence electrons. The van der Waals surface area contributed by atoms with Crippen molar-refractivity contribution < 1.29 is 10.1 Å². The number of quaternary nitrogens is 1. The zero-order valence-corrected chi connectivity index (χ0v) is 11.0. The van der Waals surface area contributed by atoms with E-state index in [9.17, 15) is 4.79 Å². The van der Waals surface area contributed by atoms with Crippen molar-refractivity contribution in [2.75, 3.05) is 13.6 Å². The van der Waals surface area contributed by atoms with Crippen molar-refractivity contribution in [1.29, 1.82) is 0 Å². The van der Waals surface area contributed by atoms with E-state index in [0.29, 0.717) is 6.54 Å². The number of nitrogens with one attached hydrogen (secondary N) is 1. The first-order valence-corrected chi connectivity index (χ1v) is 6.48. The number of hydrogen-bond acceptors (Lipinski definition) is 1. The van der Waals surface area contributed by atoms with Gasteiger partial charge in [0, 0.05) is 0 Å². The molecule has 0 atom stereocenters. The average Bonchev–Trinajstić information content (AvgIpc) is 2.47. The quantitative estimate of drug-likeness (QED) is 0.825. The standard InChI is InChI=1S/C16H18N2O/c1-17-12-15(19)18-16(13-8-4-2-5-9-13)14-10-6-3-7-11-14/h2-11,16-17H,12H2,1H3,(H,18,19)/p+1. The molecular weight excluding hydrogens is 236 g/mol. The van der Waals surface area contributed by atoms with Crippen LogP contribution in [0.1, 0.15) is 17.2 Å². The molecule has 19 heavy (non-hydrogen) atoms. The van der Waals surface area contributed by atoms with Crippen LogP contribution in [0.15, 0.2) is 60.7 Å². The van der Waals surface area contributed by atoms with Crippen LogP contribution in [-0.4, -0.2) is 19.5 Å². The fourth-order valence-corrected chi connectivity index (χ4v) is 2.06. The van der Waals surface area contributed by atoms with E-state index >= 15 is 0 Å². The van der Waals surface area contributed by atoms with Crippen molar-refractivity contribution in [1.82, 2.24) is 5.32 Å². The maximum Gasteiger partial charge on any atom is 0.275 e. The van der Waals surface area contributed by atoms with Gasteiger partial charge >= 0.3 is 0 Å². The number of benzene rings is 2. The summed E-state index contributed by atoms with van der Waals surface area (Å²) in [6.07, 6.45) is 0. The SMILES string of the molecule is C[NH2+]CC(=O)NC(c1ccccc1)c1ccccc1. The van der Waals surface area contributed by atoms with Crippen LogP contribution in [-0.2, 0) is 4.79 Å². The molecular formula is C16H19N2O+. The summed E-state index contributed by atoms with van der Waals surface area (Å²) in [5.41, 5.74) is 2.19. The average molecular weight is 255 g/mol. The summed E-state index contributed by atoms with van der Waals surface area (Å²) in [6.45, 7) is 0.441. The van der Waals surface area contributed by atoms with Crippen LogP contribution >= 0.6 is 0 Å². The zero-order chi connectivity index (χ0) is 13.5. The van der Waals surface area contributed by atoms with Gasteiger partial charge in [-0.25, -0.2) is 0 Å². The molecule has 0 aliphatic rings. The molecule has 0 saturated carbocycles. The highest BCUT2D eigenvalue weighted by molar-refractivity contribution is 5.77. The molecule has 0 saturated heterocycles. The van der Waals surface area contributed by atoms with Gasteiger partial charge in [-0.2, -0.15) is 0 Å². The molecule has 0 radical (unpaired) electrons. The van der Waals surface area contributed by atoms with E-state index in [4.69, 9.17) is 0 Å². The smallest absolute Gasteiger partial charge is 0.275 e. The molecule has 0 aromatic heterocycles. The van der Waals surface area contributed by atoms with Crippen molar-refractivity contribution in [3.8, 4) is 0 Å². The number of amides is 1. The molecule has 0 unspecified atom stereocenters. The molecule has 0 aliphatic heterocycles. The number of rotatable bonds is 5. The van der Waals surface area contributed by atoms with Gasteiger partial charge in [-0.05, 0) is 11.1 Å². The Hall–Kier alpha value is -2.13. The highest BCUT2D eigenvalue weighted by Crippen LogP contribution is 2.21. The van der Waals surface area contributed by atoms with E-state index in [-0.39, 0.29) is 11.9 Å². The molecule has 2 rings (SSSR count). The summed E-state index contributed by atoms with van der Waals surface area (Å²) < 4.78 is 0. The topological polar surface area (TPSA) is 45.7 Å². The summed E-state index contributed by atoms with van der Waals surface area (Å²) in [5, 5.41) is 4.94. The number of nitrogens with two attached hydrogens (primary N) is 1. The Labute approximate surface area is 113 Å². The monoisotopic (exact) mass is 255 g/mol. The molecule has 0 aliphatic carbocycles. The van der Waals surface area contributed by atoms with Gasteiger partial charge in [-0.1, -0.05) is 60.7 Å². The van der Waals surface area contributed by atoms with Crippen LogP contribution in [0.25, 0.3) is 0 Å². The lowest BCUT2D eigenvalue weighted by Crippen LogP contribution is -2.82. The second-order valence-corrected chi connectivity index (χ2v) is 4.43. The molecule has 0 heterocycles. The Balaban J connectivity index is 2.26. The van der Waals surface area contributed by atoms with E-state index in [0.717, 1.165) is 11.1 Å². The van der Waals surface area contributed by atoms with E-state index in [1.165, 1.54) is 0 Å². The van der Waals surface area contributed by atoms with Gasteiger partial charge in [0.25, 0.3) is 5.91 Å². The van der Waals surface area contributed by atoms with E-state index in [1.54, 1.807) is 0 Å². The Bertz CT molecular complexity index is 471. The summed E-state index contributed by atoms with van der Waals surface area (Å²) in [6, 6.07) is 20.0. The number of carbonyl (C=O) groups excluding carboxylic acids is 1. The van der Waals surface area contributed by atoms with E-state index in [1.807, 2.05) is 73.0 Å². The van der Waals surface area contributed by atoms with Gasteiger partial charge < -0.3 is 10.6 Å². The molecule has 3 nitrogen and oxygen atoms in total. The van der Waals surface area contributed by atoms with Crippen molar-refractivity contribution in [3.05, 3.63) is 71.8 Å². The second-order valence-electron chi connectivity index (χ2n) is 4.43. The molecule has 2 aromatic carbocycles. The lowest BCUT2D eigenvalue weighted by Gasteiger charge is -2.19. The fourth-order valence-electron chi connectivity index (χ4n) is 2.06. The van der Waals surface area contributed by atoms with Crippen LogP contribution < -0.4 is 10.6 Å². The van der Waals surface area contributed by atoms with Crippen molar-refractivity contribution in [2.45, 2.75) is 6.04 Å². The molecule has 1 amide bonds. The summed E-state index contributed by atoms with van der Waals surface area (Å²) in [4.78, 5) is 11.9. The highest BCUT2D eigenvalue weighted by Gasteiger charge is 2.16. The number of carbonyl (C=O) groups is 1. The minimum Gasteiger partial charge on any atom is -0.341 e. The van der Waals surface area contributed by atoms with Gasteiger partial charge in [-0.3, -0.25) is 4.79 Å². The summed E-state index contributed by atoms with van der Waals surface area (Å²) in [5.74, 6) is 0.0419. The van der Waals surface area contributed by atoms with Crippen LogP contribution in [0, 0.1) is 0 Å². The minimum absolute atomic E-state index is 0.0419. The first kappa shape index (κ1) is 13.3. The lowest BCUT2D eigenvalue weighted by atomic mass is 9.99. The molecule has 0 fully saturated rings. The number of likely N-dealkylation sites (N-methyl/N-ethyl adjacent to an activating group) is 1. The normalized spacial score (nSPS) is 10.4. The second kappa shape index (κ2) is 6.71.